The summed E-state index contributed by atoms with van der Waals surface area (Å²) in [5.74, 6) is 0.353. The summed E-state index contributed by atoms with van der Waals surface area (Å²) in [7, 11) is 0. The van der Waals surface area contributed by atoms with Crippen molar-refractivity contribution in [3.8, 4) is 0 Å². The van der Waals surface area contributed by atoms with Crippen molar-refractivity contribution in [3.05, 3.63) is 5.82 Å². The Labute approximate surface area is 187 Å². The highest BCUT2D eigenvalue weighted by Crippen LogP contribution is 2.40. The van der Waals surface area contributed by atoms with Crippen molar-refractivity contribution in [3.63, 3.8) is 0 Å². The van der Waals surface area contributed by atoms with Gasteiger partial charge >= 0.3 is 11.9 Å². The Hall–Kier alpha value is -1.49. The van der Waals surface area contributed by atoms with Gasteiger partial charge in [0, 0.05) is 13.1 Å². The van der Waals surface area contributed by atoms with Crippen LogP contribution in [-0.2, 0) is 9.59 Å². The van der Waals surface area contributed by atoms with Crippen LogP contribution in [-0.4, -0.2) is 79.0 Å². The second-order valence-corrected chi connectivity index (χ2v) is 8.59. The molecule has 1 aliphatic carbocycles. The average Bonchev–Trinajstić information content (AvgIpc) is 3.27. The number of nitrogens with one attached hydrogen (secondary N) is 1. The normalized spacial score (nSPS) is 33.8. The van der Waals surface area contributed by atoms with Gasteiger partial charge in [0.2, 0.25) is 0 Å². The average molecular weight is 465 g/mol. The van der Waals surface area contributed by atoms with Gasteiger partial charge in [-0.1, -0.05) is 0 Å². The molecule has 0 aromatic carbocycles. The molecule has 3 N–H and O–H groups in total. The van der Waals surface area contributed by atoms with E-state index in [-0.39, 0.29) is 30.9 Å². The highest BCUT2D eigenvalue weighted by molar-refractivity contribution is 5.85. The van der Waals surface area contributed by atoms with Crippen molar-refractivity contribution >= 4 is 36.8 Å². The first-order valence-corrected chi connectivity index (χ1v) is 10.1. The van der Waals surface area contributed by atoms with E-state index in [1.807, 2.05) is 4.90 Å². The Bertz CT molecular complexity index is 750. The van der Waals surface area contributed by atoms with Crippen molar-refractivity contribution in [1.29, 1.82) is 0 Å². The van der Waals surface area contributed by atoms with Gasteiger partial charge in [0.25, 0.3) is 0 Å². The van der Waals surface area contributed by atoms with Crippen LogP contribution in [0.1, 0.15) is 44.0 Å². The molecule has 2 aliphatic heterocycles. The largest absolute Gasteiger partial charge is 0.480 e. The predicted molar refractivity (Wildman–Crippen MR) is 112 cm³/mol. The molecule has 0 bridgehead atoms. The smallest absolute Gasteiger partial charge is 0.321 e. The molecule has 30 heavy (non-hydrogen) atoms. The van der Waals surface area contributed by atoms with E-state index in [0.717, 1.165) is 32.4 Å². The lowest BCUT2D eigenvalue weighted by Gasteiger charge is -2.42. The summed E-state index contributed by atoms with van der Waals surface area (Å²) in [6.45, 7) is 3.88. The number of nitrogens with zero attached hydrogens (tertiary/aromatic N) is 5. The maximum atomic E-state index is 11.8. The van der Waals surface area contributed by atoms with Crippen LogP contribution in [0.4, 0.5) is 0 Å². The van der Waals surface area contributed by atoms with Crippen LogP contribution in [0.25, 0.3) is 0 Å². The van der Waals surface area contributed by atoms with E-state index >= 15 is 0 Å². The standard InChI is InChI=1S/C18H28N6O4.2ClH/c1-10-20-22-24(21-10)14-6-16(18(27)28)23(9-14)8-11-2-3-12-7-19-15(17(25)26)5-13(12)4-11;;/h11-16,19H,2-9H2,1H3,(H,25,26)(H,27,28);2*1H/t11-,12-,13+,14-,15-,16-;;/m0../s1. The topological polar surface area (TPSA) is 133 Å². The summed E-state index contributed by atoms with van der Waals surface area (Å²) in [6.07, 6.45) is 4.27. The fourth-order valence-corrected chi connectivity index (χ4v) is 5.31. The fraction of sp³-hybridized carbons (Fsp3) is 0.833. The maximum absolute atomic E-state index is 11.8. The minimum atomic E-state index is -0.805. The second-order valence-electron chi connectivity index (χ2n) is 8.59. The summed E-state index contributed by atoms with van der Waals surface area (Å²) in [4.78, 5) is 26.7. The van der Waals surface area contributed by atoms with E-state index in [1.165, 1.54) is 0 Å². The first-order chi connectivity index (χ1) is 13.4. The molecule has 3 aliphatic rings. The molecule has 3 fully saturated rings. The zero-order valence-corrected chi connectivity index (χ0v) is 18.5. The summed E-state index contributed by atoms with van der Waals surface area (Å²) < 4.78 is 0. The van der Waals surface area contributed by atoms with Crippen molar-refractivity contribution in [2.45, 2.75) is 57.2 Å². The number of hydrogen-bond donors (Lipinski definition) is 3. The van der Waals surface area contributed by atoms with Crippen molar-refractivity contribution in [2.24, 2.45) is 17.8 Å². The van der Waals surface area contributed by atoms with Crippen LogP contribution >= 0.6 is 24.8 Å². The summed E-state index contributed by atoms with van der Waals surface area (Å²) >= 11 is 0. The maximum Gasteiger partial charge on any atom is 0.321 e. The minimum absolute atomic E-state index is 0. The molecule has 3 heterocycles. The zero-order valence-electron chi connectivity index (χ0n) is 16.9. The lowest BCUT2D eigenvalue weighted by molar-refractivity contribution is -0.143. The number of carbonyl (C=O) groups is 2. The minimum Gasteiger partial charge on any atom is -0.480 e. The van der Waals surface area contributed by atoms with E-state index in [0.29, 0.717) is 43.0 Å². The number of likely N-dealkylation sites (tertiary alicyclic amines) is 1. The number of fused-ring (bicyclic) bond motifs is 1. The van der Waals surface area contributed by atoms with Gasteiger partial charge in [-0.05, 0) is 68.5 Å². The van der Waals surface area contributed by atoms with Gasteiger partial charge in [-0.2, -0.15) is 4.80 Å². The van der Waals surface area contributed by atoms with Crippen molar-refractivity contribution in [1.82, 2.24) is 30.4 Å². The number of halogens is 2. The molecule has 2 saturated heterocycles. The van der Waals surface area contributed by atoms with Crippen LogP contribution in [0.3, 0.4) is 0 Å². The van der Waals surface area contributed by atoms with Crippen LogP contribution in [0.15, 0.2) is 0 Å². The monoisotopic (exact) mass is 464 g/mol. The summed E-state index contributed by atoms with van der Waals surface area (Å²) in [6, 6.07) is -1.06. The zero-order chi connectivity index (χ0) is 19.8. The third-order valence-electron chi connectivity index (χ3n) is 6.73. The molecule has 0 amide bonds. The van der Waals surface area contributed by atoms with Gasteiger partial charge in [0.1, 0.15) is 12.1 Å². The number of aryl methyl sites for hydroxylation is 1. The predicted octanol–water partition coefficient (Wildman–Crippen LogP) is 1.00. The van der Waals surface area contributed by atoms with Crippen molar-refractivity contribution < 1.29 is 19.8 Å². The highest BCUT2D eigenvalue weighted by atomic mass is 35.5. The molecule has 0 spiro atoms. The highest BCUT2D eigenvalue weighted by Gasteiger charge is 2.42. The Morgan fingerprint density at radius 3 is 2.50 bits per heavy atom. The number of rotatable bonds is 5. The Morgan fingerprint density at radius 2 is 1.87 bits per heavy atom. The number of piperidine rings is 1. The van der Waals surface area contributed by atoms with E-state index < -0.39 is 24.0 Å². The lowest BCUT2D eigenvalue weighted by atomic mass is 9.69. The molecular weight excluding hydrogens is 435 g/mol. The van der Waals surface area contributed by atoms with Crippen LogP contribution in [0.2, 0.25) is 0 Å². The lowest BCUT2D eigenvalue weighted by Crippen LogP contribution is -2.50. The quantitative estimate of drug-likeness (QED) is 0.582. The van der Waals surface area contributed by atoms with Gasteiger partial charge in [-0.25, -0.2) is 0 Å². The third kappa shape index (κ3) is 5.22. The molecule has 170 valence electrons. The molecule has 4 rings (SSSR count). The van der Waals surface area contributed by atoms with Crippen LogP contribution in [0, 0.1) is 24.7 Å². The molecular formula is C18H30Cl2N6O4. The molecule has 1 aromatic rings. The van der Waals surface area contributed by atoms with Gasteiger partial charge in [0.05, 0.1) is 6.04 Å². The Kier molecular flexibility index (Phi) is 8.43. The second kappa shape index (κ2) is 10.2. The van der Waals surface area contributed by atoms with E-state index in [9.17, 15) is 19.8 Å². The van der Waals surface area contributed by atoms with Gasteiger partial charge < -0.3 is 15.5 Å². The number of carboxylic acids is 2. The molecule has 6 atom stereocenters. The molecule has 1 aromatic heterocycles. The first-order valence-electron chi connectivity index (χ1n) is 10.1. The number of aromatic nitrogens is 4. The molecule has 12 heteroatoms. The number of hydrogen-bond acceptors (Lipinski definition) is 7. The van der Waals surface area contributed by atoms with E-state index in [4.69, 9.17) is 0 Å². The van der Waals surface area contributed by atoms with Gasteiger partial charge in [-0.15, -0.1) is 35.0 Å². The van der Waals surface area contributed by atoms with E-state index in [1.54, 1.807) is 11.7 Å². The Balaban J connectivity index is 0.00000160. The van der Waals surface area contributed by atoms with Crippen LogP contribution in [0.5, 0.6) is 0 Å². The Morgan fingerprint density at radius 1 is 1.10 bits per heavy atom. The third-order valence-corrected chi connectivity index (χ3v) is 6.73. The first kappa shape index (κ1) is 24.8. The van der Waals surface area contributed by atoms with Gasteiger partial charge in [0.15, 0.2) is 5.82 Å². The fourth-order valence-electron chi connectivity index (χ4n) is 5.31. The number of aliphatic carboxylic acids is 2. The van der Waals surface area contributed by atoms with Crippen LogP contribution < -0.4 is 5.32 Å². The SMILES string of the molecule is Cc1nnn([C@H]2C[C@@H](C(=O)O)N(C[C@H]3CC[C@H]4CN[C@H](C(=O)O)C[C@H]4C3)C2)n1.Cl.Cl. The van der Waals surface area contributed by atoms with Gasteiger partial charge in [-0.3, -0.25) is 14.5 Å². The van der Waals surface area contributed by atoms with E-state index in [2.05, 4.69) is 20.7 Å². The molecule has 0 unspecified atom stereocenters. The van der Waals surface area contributed by atoms with Crippen molar-refractivity contribution in [2.75, 3.05) is 19.6 Å². The number of carboxylic acid groups (broad SMARTS) is 2. The molecule has 1 saturated carbocycles. The summed E-state index contributed by atoms with van der Waals surface area (Å²) in [5, 5.41) is 34.3. The molecule has 0 radical (unpaired) electrons. The number of tetrazole rings is 1. The summed E-state index contributed by atoms with van der Waals surface area (Å²) in [5.41, 5.74) is 0. The molecule has 10 nitrogen and oxygen atoms in total.